The van der Waals surface area contributed by atoms with Gasteiger partial charge in [0.25, 0.3) is 0 Å². The molecule has 0 aliphatic rings. The number of benzene rings is 1. The molecule has 0 bridgehead atoms. The van der Waals surface area contributed by atoms with Gasteiger partial charge >= 0.3 is 0 Å². The van der Waals surface area contributed by atoms with E-state index in [1.807, 2.05) is 6.92 Å². The van der Waals surface area contributed by atoms with E-state index in [1.165, 1.54) is 6.07 Å². The molecule has 0 saturated carbocycles. The van der Waals surface area contributed by atoms with E-state index in [1.54, 1.807) is 0 Å². The van der Waals surface area contributed by atoms with Crippen molar-refractivity contribution in [3.8, 4) is 0 Å². The van der Waals surface area contributed by atoms with Crippen LogP contribution in [0.15, 0.2) is 12.1 Å². The van der Waals surface area contributed by atoms with E-state index in [0.717, 1.165) is 12.5 Å². The second-order valence-electron chi connectivity index (χ2n) is 4.29. The Hall–Kier alpha value is -1.98. The highest BCUT2D eigenvalue weighted by molar-refractivity contribution is 5.76. The number of amides is 1. The van der Waals surface area contributed by atoms with Gasteiger partial charge in [0.15, 0.2) is 11.6 Å². The molecule has 19 heavy (non-hydrogen) atoms. The molecule has 0 aliphatic carbocycles. The fraction of sp³-hybridized carbons (Fsp3) is 0.385. The Morgan fingerprint density at radius 2 is 2.21 bits per heavy atom. The second-order valence-corrected chi connectivity index (χ2v) is 4.29. The van der Waals surface area contributed by atoms with Crippen LogP contribution in [0.25, 0.3) is 11.0 Å². The van der Waals surface area contributed by atoms with E-state index in [2.05, 4.69) is 15.3 Å². The number of imidazole rings is 1. The Labute approximate surface area is 109 Å². The minimum Gasteiger partial charge on any atom is -0.356 e. The summed E-state index contributed by atoms with van der Waals surface area (Å²) in [6, 6.07) is 2.50. The van der Waals surface area contributed by atoms with Crippen LogP contribution >= 0.6 is 0 Å². The van der Waals surface area contributed by atoms with Gasteiger partial charge in [0.05, 0.1) is 5.52 Å². The van der Waals surface area contributed by atoms with Gasteiger partial charge in [-0.25, -0.2) is 13.8 Å². The highest BCUT2D eigenvalue weighted by atomic mass is 19.2. The van der Waals surface area contributed by atoms with Crippen molar-refractivity contribution in [2.75, 3.05) is 6.54 Å². The minimum atomic E-state index is -0.949. The summed E-state index contributed by atoms with van der Waals surface area (Å²) in [6.07, 6.45) is 1.73. The van der Waals surface area contributed by atoms with Crippen LogP contribution in [0, 0.1) is 11.6 Å². The quantitative estimate of drug-likeness (QED) is 0.873. The number of nitrogens with one attached hydrogen (secondary N) is 2. The smallest absolute Gasteiger partial charge is 0.219 e. The van der Waals surface area contributed by atoms with Crippen molar-refractivity contribution in [2.45, 2.75) is 26.2 Å². The summed E-state index contributed by atoms with van der Waals surface area (Å²) in [5, 5.41) is 2.74. The van der Waals surface area contributed by atoms with Gasteiger partial charge in [-0.2, -0.15) is 0 Å². The van der Waals surface area contributed by atoms with Crippen molar-refractivity contribution in [3.63, 3.8) is 0 Å². The standard InChI is InChI=1S/C13H15F2N3O/c1-2-3-11(19)16-7-6-10-17-9-5-4-8(14)12(15)13(9)18-10/h4-5H,2-3,6-7H2,1H3,(H,16,19)(H,17,18). The number of hydrogen-bond acceptors (Lipinski definition) is 2. The number of halogens is 2. The largest absolute Gasteiger partial charge is 0.356 e. The third-order valence-corrected chi connectivity index (χ3v) is 2.76. The van der Waals surface area contributed by atoms with Gasteiger partial charge in [0.1, 0.15) is 11.3 Å². The number of H-pyrrole nitrogens is 1. The minimum absolute atomic E-state index is 0.00474. The molecular weight excluding hydrogens is 252 g/mol. The Morgan fingerprint density at radius 3 is 2.95 bits per heavy atom. The molecule has 6 heteroatoms. The first-order valence-electron chi connectivity index (χ1n) is 6.21. The van der Waals surface area contributed by atoms with E-state index in [4.69, 9.17) is 0 Å². The van der Waals surface area contributed by atoms with Crippen LogP contribution in [-0.4, -0.2) is 22.4 Å². The summed E-state index contributed by atoms with van der Waals surface area (Å²) in [5.41, 5.74) is 0.448. The van der Waals surface area contributed by atoms with E-state index in [0.29, 0.717) is 30.7 Å². The topological polar surface area (TPSA) is 57.8 Å². The maximum absolute atomic E-state index is 13.4. The lowest BCUT2D eigenvalue weighted by atomic mass is 10.3. The Morgan fingerprint density at radius 1 is 1.42 bits per heavy atom. The number of hydrogen-bond donors (Lipinski definition) is 2. The van der Waals surface area contributed by atoms with Gasteiger partial charge < -0.3 is 10.3 Å². The predicted molar refractivity (Wildman–Crippen MR) is 67.6 cm³/mol. The molecule has 1 aromatic heterocycles. The number of fused-ring (bicyclic) bond motifs is 1. The molecule has 1 amide bonds. The van der Waals surface area contributed by atoms with Gasteiger partial charge in [-0.05, 0) is 18.6 Å². The highest BCUT2D eigenvalue weighted by Crippen LogP contribution is 2.18. The fourth-order valence-corrected chi connectivity index (χ4v) is 1.82. The summed E-state index contributed by atoms with van der Waals surface area (Å²) in [7, 11) is 0. The first-order chi connectivity index (χ1) is 9.11. The molecule has 0 fully saturated rings. The molecule has 1 heterocycles. The molecular formula is C13H15F2N3O. The average Bonchev–Trinajstić information content (AvgIpc) is 2.78. The highest BCUT2D eigenvalue weighted by Gasteiger charge is 2.11. The van der Waals surface area contributed by atoms with Crippen LogP contribution in [0.3, 0.4) is 0 Å². The number of nitrogens with zero attached hydrogens (tertiary/aromatic N) is 1. The van der Waals surface area contributed by atoms with Gasteiger partial charge in [0, 0.05) is 19.4 Å². The lowest BCUT2D eigenvalue weighted by molar-refractivity contribution is -0.121. The van der Waals surface area contributed by atoms with Gasteiger partial charge in [-0.1, -0.05) is 6.92 Å². The number of carbonyl (C=O) groups excluding carboxylic acids is 1. The summed E-state index contributed by atoms with van der Waals surface area (Å²) in [6.45, 7) is 2.35. The van der Waals surface area contributed by atoms with Gasteiger partial charge in [-0.3, -0.25) is 4.79 Å². The maximum Gasteiger partial charge on any atom is 0.219 e. The summed E-state index contributed by atoms with van der Waals surface area (Å²) >= 11 is 0. The SMILES string of the molecule is CCCC(=O)NCCc1nc2c(F)c(F)ccc2[nH]1. The zero-order valence-corrected chi connectivity index (χ0v) is 10.6. The normalized spacial score (nSPS) is 10.9. The van der Waals surface area contributed by atoms with Crippen LogP contribution < -0.4 is 5.32 Å². The molecule has 2 aromatic rings. The number of aromatic nitrogens is 2. The summed E-state index contributed by atoms with van der Waals surface area (Å²) in [4.78, 5) is 18.1. The van der Waals surface area contributed by atoms with Crippen LogP contribution in [0.2, 0.25) is 0 Å². The summed E-state index contributed by atoms with van der Waals surface area (Å²) in [5.74, 6) is -1.36. The van der Waals surface area contributed by atoms with E-state index >= 15 is 0 Å². The second kappa shape index (κ2) is 5.77. The molecule has 0 aliphatic heterocycles. The average molecular weight is 267 g/mol. The number of carbonyl (C=O) groups is 1. The van der Waals surface area contributed by atoms with Crippen molar-refractivity contribution < 1.29 is 13.6 Å². The van der Waals surface area contributed by atoms with E-state index < -0.39 is 11.6 Å². The molecule has 0 radical (unpaired) electrons. The van der Waals surface area contributed by atoms with Crippen molar-refractivity contribution in [1.29, 1.82) is 0 Å². The van der Waals surface area contributed by atoms with Gasteiger partial charge in [0.2, 0.25) is 5.91 Å². The third-order valence-electron chi connectivity index (χ3n) is 2.76. The van der Waals surface area contributed by atoms with Crippen LogP contribution in [0.5, 0.6) is 0 Å². The molecule has 1 aromatic carbocycles. The Balaban J connectivity index is 2.02. The molecule has 0 atom stereocenters. The van der Waals surface area contributed by atoms with Crippen molar-refractivity contribution in [1.82, 2.24) is 15.3 Å². The lowest BCUT2D eigenvalue weighted by Gasteiger charge is -2.01. The Bertz CT molecular complexity index is 595. The third kappa shape index (κ3) is 3.07. The van der Waals surface area contributed by atoms with Crippen LogP contribution in [0.1, 0.15) is 25.6 Å². The number of rotatable bonds is 5. The lowest BCUT2D eigenvalue weighted by Crippen LogP contribution is -2.25. The first-order valence-corrected chi connectivity index (χ1v) is 6.21. The van der Waals surface area contributed by atoms with E-state index in [9.17, 15) is 13.6 Å². The molecule has 2 N–H and O–H groups in total. The molecule has 0 unspecified atom stereocenters. The first kappa shape index (κ1) is 13.5. The zero-order chi connectivity index (χ0) is 13.8. The zero-order valence-electron chi connectivity index (χ0n) is 10.6. The van der Waals surface area contributed by atoms with Crippen LogP contribution in [0.4, 0.5) is 8.78 Å². The molecule has 102 valence electrons. The Kier molecular flexibility index (Phi) is 4.09. The predicted octanol–water partition coefficient (Wildman–Crippen LogP) is 2.30. The fourth-order valence-electron chi connectivity index (χ4n) is 1.82. The molecule has 0 spiro atoms. The molecule has 4 nitrogen and oxygen atoms in total. The van der Waals surface area contributed by atoms with Crippen molar-refractivity contribution in [2.24, 2.45) is 0 Å². The van der Waals surface area contributed by atoms with Crippen LogP contribution in [-0.2, 0) is 11.2 Å². The summed E-state index contributed by atoms with van der Waals surface area (Å²) < 4.78 is 26.4. The molecule has 2 rings (SSSR count). The van der Waals surface area contributed by atoms with E-state index in [-0.39, 0.29) is 11.4 Å². The number of aromatic amines is 1. The van der Waals surface area contributed by atoms with Gasteiger partial charge in [-0.15, -0.1) is 0 Å². The monoisotopic (exact) mass is 267 g/mol. The van der Waals surface area contributed by atoms with Crippen molar-refractivity contribution in [3.05, 3.63) is 29.6 Å². The molecule has 0 saturated heterocycles. The maximum atomic E-state index is 13.4. The van der Waals surface area contributed by atoms with Crippen molar-refractivity contribution >= 4 is 16.9 Å².